The Bertz CT molecular complexity index is 1730. The molecule has 182 valence electrons. The Hall–Kier alpha value is -5.08. The van der Waals surface area contributed by atoms with Gasteiger partial charge in [-0.25, -0.2) is 0 Å². The summed E-state index contributed by atoms with van der Waals surface area (Å²) < 4.78 is 2.28. The van der Waals surface area contributed by atoms with Gasteiger partial charge >= 0.3 is 0 Å². The first-order valence-electron chi connectivity index (χ1n) is 12.8. The van der Waals surface area contributed by atoms with E-state index in [1.807, 2.05) is 24.3 Å². The summed E-state index contributed by atoms with van der Waals surface area (Å²) in [7, 11) is 0. The number of benzene rings is 6. The number of hydrogen-bond donors (Lipinski definition) is 1. The van der Waals surface area contributed by atoms with Gasteiger partial charge in [0, 0.05) is 22.1 Å². The van der Waals surface area contributed by atoms with Crippen LogP contribution in [0.2, 0.25) is 0 Å². The largest absolute Gasteiger partial charge is 0.399 e. The second-order valence-electron chi connectivity index (χ2n) is 9.27. The normalized spacial score (nSPS) is 10.7. The molecule has 0 radical (unpaired) electrons. The Morgan fingerprint density at radius 1 is 0.368 bits per heavy atom. The topological polar surface area (TPSA) is 30.9 Å². The van der Waals surface area contributed by atoms with Crippen LogP contribution in [0.1, 0.15) is 0 Å². The summed E-state index contributed by atoms with van der Waals surface area (Å²) in [5.74, 6) is 0. The molecule has 1 heterocycles. The van der Waals surface area contributed by atoms with Crippen molar-refractivity contribution in [2.24, 2.45) is 0 Å². The number of para-hydroxylation sites is 2. The minimum absolute atomic E-state index is 0.800. The molecule has 7 aromatic rings. The van der Waals surface area contributed by atoms with Crippen LogP contribution in [-0.4, -0.2) is 4.57 Å². The van der Waals surface area contributed by atoms with Crippen LogP contribution in [0.3, 0.4) is 0 Å². The summed E-state index contributed by atoms with van der Waals surface area (Å²) in [6, 6.07) is 54.6. The fourth-order valence-corrected chi connectivity index (χ4v) is 4.96. The zero-order valence-corrected chi connectivity index (χ0v) is 21.0. The van der Waals surface area contributed by atoms with E-state index in [4.69, 9.17) is 5.73 Å². The number of rotatable bonds is 3. The van der Waals surface area contributed by atoms with Crippen molar-refractivity contribution in [1.29, 1.82) is 0 Å². The monoisotopic (exact) mass is 488 g/mol. The van der Waals surface area contributed by atoms with E-state index < -0.39 is 0 Å². The molecule has 7 rings (SSSR count). The molecule has 0 amide bonds. The molecule has 2 nitrogen and oxygen atoms in total. The maximum Gasteiger partial charge on any atom is 0.0542 e. The molecule has 2 N–H and O–H groups in total. The molecular weight excluding hydrogens is 460 g/mol. The molecule has 0 bridgehead atoms. The van der Waals surface area contributed by atoms with Crippen LogP contribution >= 0.6 is 0 Å². The van der Waals surface area contributed by atoms with Gasteiger partial charge in [0.25, 0.3) is 0 Å². The van der Waals surface area contributed by atoms with Gasteiger partial charge in [-0.1, -0.05) is 121 Å². The lowest BCUT2D eigenvalue weighted by molar-refractivity contribution is 1.18. The molecule has 0 saturated heterocycles. The molecule has 0 aliphatic carbocycles. The van der Waals surface area contributed by atoms with E-state index in [-0.39, 0.29) is 0 Å². The average molecular weight is 489 g/mol. The molecule has 0 unspecified atom stereocenters. The number of fused-ring (bicyclic) bond motifs is 3. The molecule has 38 heavy (non-hydrogen) atoms. The molecule has 0 spiro atoms. The van der Waals surface area contributed by atoms with Crippen LogP contribution in [0.15, 0.2) is 158 Å². The summed E-state index contributed by atoms with van der Waals surface area (Å²) in [6.45, 7) is 0. The van der Waals surface area contributed by atoms with Crippen molar-refractivity contribution in [1.82, 2.24) is 4.57 Å². The van der Waals surface area contributed by atoms with Crippen molar-refractivity contribution in [3.05, 3.63) is 158 Å². The van der Waals surface area contributed by atoms with Crippen molar-refractivity contribution in [2.75, 3.05) is 5.73 Å². The van der Waals surface area contributed by atoms with Gasteiger partial charge in [-0.15, -0.1) is 0 Å². The highest BCUT2D eigenvalue weighted by Gasteiger charge is 2.11. The van der Waals surface area contributed by atoms with Crippen LogP contribution in [0.5, 0.6) is 0 Å². The first kappa shape index (κ1) is 23.3. The van der Waals surface area contributed by atoms with Crippen LogP contribution in [-0.2, 0) is 0 Å². The lowest BCUT2D eigenvalue weighted by atomic mass is 10.0. The molecule has 2 heteroatoms. The van der Waals surface area contributed by atoms with Crippen molar-refractivity contribution < 1.29 is 0 Å². The lowest BCUT2D eigenvalue weighted by Gasteiger charge is -2.07. The van der Waals surface area contributed by atoms with Crippen molar-refractivity contribution in [3.8, 4) is 27.9 Å². The molecule has 0 saturated carbocycles. The highest BCUT2D eigenvalue weighted by atomic mass is 15.0. The third kappa shape index (κ3) is 4.68. The summed E-state index contributed by atoms with van der Waals surface area (Å²) in [6.07, 6.45) is 0. The SMILES string of the molecule is Nc1ccc2c(c1)c1ccccc1n2-c1ccccc1.c1ccc(-c2ccc(-c3ccccc3)cc2)cc1. The smallest absolute Gasteiger partial charge is 0.0542 e. The van der Waals surface area contributed by atoms with E-state index in [0.717, 1.165) is 5.69 Å². The third-order valence-corrected chi connectivity index (χ3v) is 6.81. The summed E-state index contributed by atoms with van der Waals surface area (Å²) in [4.78, 5) is 0. The summed E-state index contributed by atoms with van der Waals surface area (Å²) in [5.41, 5.74) is 15.4. The maximum atomic E-state index is 5.95. The molecule has 0 aliphatic rings. The molecule has 0 fully saturated rings. The van der Waals surface area contributed by atoms with Crippen molar-refractivity contribution in [2.45, 2.75) is 0 Å². The summed E-state index contributed by atoms with van der Waals surface area (Å²) >= 11 is 0. The van der Waals surface area contributed by atoms with Crippen LogP contribution in [0.4, 0.5) is 5.69 Å². The van der Waals surface area contributed by atoms with Gasteiger partial charge in [-0.05, 0) is 58.7 Å². The van der Waals surface area contributed by atoms with Crippen LogP contribution in [0.25, 0.3) is 49.7 Å². The zero-order valence-electron chi connectivity index (χ0n) is 21.0. The number of hydrogen-bond acceptors (Lipinski definition) is 1. The highest BCUT2D eigenvalue weighted by molar-refractivity contribution is 6.10. The standard InChI is InChI=1S/C18H14N2.C18H14/c19-13-10-11-18-16(12-13)15-8-4-5-9-17(15)20(18)14-6-2-1-3-7-14;1-3-7-15(8-4-1)17-11-13-18(14-12-17)16-9-5-2-6-10-16/h1-12H,19H2;1-14H. The second kappa shape index (κ2) is 10.5. The zero-order chi connectivity index (χ0) is 25.7. The van der Waals surface area contributed by atoms with E-state index in [1.54, 1.807) is 0 Å². The predicted molar refractivity (Wildman–Crippen MR) is 163 cm³/mol. The van der Waals surface area contributed by atoms with Gasteiger partial charge in [-0.2, -0.15) is 0 Å². The fourth-order valence-electron chi connectivity index (χ4n) is 4.96. The van der Waals surface area contributed by atoms with Gasteiger partial charge in [0.1, 0.15) is 0 Å². The first-order valence-corrected chi connectivity index (χ1v) is 12.8. The predicted octanol–water partition coefficient (Wildman–Crippen LogP) is 9.39. The van der Waals surface area contributed by atoms with E-state index in [0.29, 0.717) is 0 Å². The van der Waals surface area contributed by atoms with E-state index in [9.17, 15) is 0 Å². The van der Waals surface area contributed by atoms with Crippen LogP contribution < -0.4 is 5.73 Å². The second-order valence-corrected chi connectivity index (χ2v) is 9.27. The summed E-state index contributed by atoms with van der Waals surface area (Å²) in [5, 5.41) is 2.43. The fraction of sp³-hybridized carbons (Fsp3) is 0. The van der Waals surface area contributed by atoms with Gasteiger partial charge in [0.15, 0.2) is 0 Å². The minimum Gasteiger partial charge on any atom is -0.399 e. The number of nitrogens with zero attached hydrogens (tertiary/aromatic N) is 1. The Kier molecular flexibility index (Phi) is 6.44. The molecular formula is C36H28N2. The van der Waals surface area contributed by atoms with Gasteiger partial charge in [0.05, 0.1) is 11.0 Å². The highest BCUT2D eigenvalue weighted by Crippen LogP contribution is 2.32. The molecule has 6 aromatic carbocycles. The number of aromatic nitrogens is 1. The van der Waals surface area contributed by atoms with E-state index in [2.05, 4.69) is 138 Å². The quantitative estimate of drug-likeness (QED) is 0.247. The Labute approximate surface area is 223 Å². The number of anilines is 1. The van der Waals surface area contributed by atoms with Crippen molar-refractivity contribution >= 4 is 27.5 Å². The third-order valence-electron chi connectivity index (χ3n) is 6.81. The molecule has 1 aromatic heterocycles. The van der Waals surface area contributed by atoms with E-state index >= 15 is 0 Å². The maximum absolute atomic E-state index is 5.95. The Morgan fingerprint density at radius 3 is 1.39 bits per heavy atom. The first-order chi connectivity index (χ1) is 18.8. The lowest BCUT2D eigenvalue weighted by Crippen LogP contribution is -1.93. The van der Waals surface area contributed by atoms with E-state index in [1.165, 1.54) is 49.7 Å². The molecule has 0 atom stereocenters. The van der Waals surface area contributed by atoms with Crippen molar-refractivity contribution in [3.63, 3.8) is 0 Å². The van der Waals surface area contributed by atoms with Gasteiger partial charge in [0.2, 0.25) is 0 Å². The van der Waals surface area contributed by atoms with Gasteiger partial charge < -0.3 is 10.3 Å². The van der Waals surface area contributed by atoms with Gasteiger partial charge in [-0.3, -0.25) is 0 Å². The number of nitrogen functional groups attached to an aromatic ring is 1. The Balaban J connectivity index is 0.000000140. The molecule has 0 aliphatic heterocycles. The minimum atomic E-state index is 0.800. The van der Waals surface area contributed by atoms with Crippen LogP contribution in [0, 0.1) is 0 Å². The number of nitrogens with two attached hydrogens (primary N) is 1. The Morgan fingerprint density at radius 2 is 0.816 bits per heavy atom. The average Bonchev–Trinajstić information content (AvgIpc) is 3.32.